The summed E-state index contributed by atoms with van der Waals surface area (Å²) < 4.78 is 16.8. The van der Waals surface area contributed by atoms with Crippen molar-refractivity contribution in [1.82, 2.24) is 5.32 Å². The second kappa shape index (κ2) is 14.7. The van der Waals surface area contributed by atoms with Gasteiger partial charge in [-0.2, -0.15) is 5.26 Å². The summed E-state index contributed by atoms with van der Waals surface area (Å²) in [6, 6.07) is 12.2. The highest BCUT2D eigenvalue weighted by molar-refractivity contribution is 8.03. The van der Waals surface area contributed by atoms with Crippen molar-refractivity contribution in [3.63, 3.8) is 0 Å². The van der Waals surface area contributed by atoms with Crippen molar-refractivity contribution in [2.24, 2.45) is 4.99 Å². The standard InChI is InChI=1S/C27H29N3O4S2/c1-7-20(24(8-2)35-9-3)26(34-19-12-10-18(16-28)11-13-19)27(31)30-17-36-25-15-23(33-6)22(32-5)14-21(25)29-4/h7-8,10-15,26H,1-2,4,9,17H2,3,5-6H3,(H,30,31)/b24-20-. The molecule has 0 bridgehead atoms. The van der Waals surface area contributed by atoms with Crippen molar-refractivity contribution in [2.45, 2.75) is 17.9 Å². The van der Waals surface area contributed by atoms with Crippen molar-refractivity contribution in [3.8, 4) is 23.3 Å². The Morgan fingerprint density at radius 1 is 1.17 bits per heavy atom. The number of carbonyl (C=O) groups is 1. The van der Waals surface area contributed by atoms with E-state index in [1.807, 2.05) is 6.92 Å². The fourth-order valence-corrected chi connectivity index (χ4v) is 4.74. The Labute approximate surface area is 220 Å². The van der Waals surface area contributed by atoms with E-state index in [1.54, 1.807) is 74.5 Å². The van der Waals surface area contributed by atoms with Gasteiger partial charge in [0, 0.05) is 21.4 Å². The minimum absolute atomic E-state index is 0.235. The van der Waals surface area contributed by atoms with E-state index in [0.717, 1.165) is 15.6 Å². The predicted molar refractivity (Wildman–Crippen MR) is 149 cm³/mol. The summed E-state index contributed by atoms with van der Waals surface area (Å²) in [6.07, 6.45) is 2.31. The number of benzene rings is 2. The molecule has 0 heterocycles. The third-order valence-corrected chi connectivity index (χ3v) is 6.79. The molecule has 0 aliphatic carbocycles. The van der Waals surface area contributed by atoms with E-state index < -0.39 is 6.10 Å². The molecule has 7 nitrogen and oxygen atoms in total. The molecule has 0 saturated carbocycles. The molecule has 1 amide bonds. The van der Waals surface area contributed by atoms with Gasteiger partial charge in [-0.25, -0.2) is 0 Å². The number of ether oxygens (including phenoxy) is 3. The maximum absolute atomic E-state index is 13.4. The lowest BCUT2D eigenvalue weighted by Crippen LogP contribution is -2.39. The average Bonchev–Trinajstić information content (AvgIpc) is 2.91. The van der Waals surface area contributed by atoms with Crippen LogP contribution in [0.2, 0.25) is 0 Å². The molecular weight excluding hydrogens is 494 g/mol. The number of methoxy groups -OCH3 is 2. The van der Waals surface area contributed by atoms with E-state index in [1.165, 1.54) is 11.8 Å². The van der Waals surface area contributed by atoms with Crippen LogP contribution in [0.25, 0.3) is 0 Å². The highest BCUT2D eigenvalue weighted by Gasteiger charge is 2.26. The van der Waals surface area contributed by atoms with Crippen LogP contribution in [0.1, 0.15) is 12.5 Å². The summed E-state index contributed by atoms with van der Waals surface area (Å²) in [5.41, 5.74) is 1.70. The third-order valence-electron chi connectivity index (χ3n) is 4.86. The largest absolute Gasteiger partial charge is 0.493 e. The van der Waals surface area contributed by atoms with Crippen molar-refractivity contribution in [2.75, 3.05) is 25.8 Å². The van der Waals surface area contributed by atoms with Gasteiger partial charge in [-0.05, 0) is 42.8 Å². The molecule has 2 aromatic carbocycles. The number of hydrogen-bond donors (Lipinski definition) is 1. The van der Waals surface area contributed by atoms with Crippen LogP contribution in [0.5, 0.6) is 17.2 Å². The van der Waals surface area contributed by atoms with Crippen molar-refractivity contribution >= 4 is 41.8 Å². The summed E-state index contributed by atoms with van der Waals surface area (Å²) in [4.78, 5) is 19.0. The third kappa shape index (κ3) is 7.44. The second-order valence-corrected chi connectivity index (χ2v) is 9.28. The smallest absolute Gasteiger partial charge is 0.266 e. The Hall–Kier alpha value is -3.61. The average molecular weight is 524 g/mol. The molecule has 0 aromatic heterocycles. The molecule has 1 unspecified atom stereocenters. The van der Waals surface area contributed by atoms with E-state index in [2.05, 4.69) is 36.3 Å². The number of allylic oxidation sites excluding steroid dienone is 1. The van der Waals surface area contributed by atoms with Crippen LogP contribution in [-0.2, 0) is 4.79 Å². The Balaban J connectivity index is 2.30. The summed E-state index contributed by atoms with van der Waals surface area (Å²) in [5, 5.41) is 12.0. The normalized spacial score (nSPS) is 11.8. The molecule has 9 heteroatoms. The Kier molecular flexibility index (Phi) is 11.7. The number of aliphatic imine (C=N–C) groups is 1. The molecule has 1 atom stereocenters. The van der Waals surface area contributed by atoms with E-state index >= 15 is 0 Å². The molecular formula is C27H29N3O4S2. The van der Waals surface area contributed by atoms with Crippen LogP contribution in [-0.4, -0.2) is 44.6 Å². The lowest BCUT2D eigenvalue weighted by molar-refractivity contribution is -0.125. The maximum Gasteiger partial charge on any atom is 0.266 e. The van der Waals surface area contributed by atoms with Gasteiger partial charge in [0.05, 0.1) is 37.4 Å². The van der Waals surface area contributed by atoms with Crippen molar-refractivity contribution in [3.05, 3.63) is 77.7 Å². The number of amides is 1. The van der Waals surface area contributed by atoms with Crippen LogP contribution < -0.4 is 19.5 Å². The van der Waals surface area contributed by atoms with E-state index in [-0.39, 0.29) is 11.8 Å². The Morgan fingerprint density at radius 3 is 2.36 bits per heavy atom. The number of rotatable bonds is 14. The molecule has 2 rings (SSSR count). The molecule has 2 aromatic rings. The second-order valence-electron chi connectivity index (χ2n) is 6.96. The van der Waals surface area contributed by atoms with Gasteiger partial charge in [0.2, 0.25) is 6.10 Å². The van der Waals surface area contributed by atoms with Crippen molar-refractivity contribution in [1.29, 1.82) is 5.26 Å². The minimum atomic E-state index is -0.981. The van der Waals surface area contributed by atoms with Gasteiger partial charge >= 0.3 is 0 Å². The Bertz CT molecular complexity index is 1170. The number of thioether (sulfide) groups is 2. The SMILES string of the molecule is C=C/C(SCC)=C(\C=C)C(Oc1ccc(C#N)cc1)C(=O)NCSc1cc(OC)c(OC)cc1N=C. The van der Waals surface area contributed by atoms with E-state index in [9.17, 15) is 4.79 Å². The van der Waals surface area contributed by atoms with Crippen LogP contribution in [0.15, 0.2) is 82.1 Å². The number of nitrogens with one attached hydrogen (secondary N) is 1. The highest BCUT2D eigenvalue weighted by atomic mass is 32.2. The zero-order valence-electron chi connectivity index (χ0n) is 20.6. The number of nitrogens with zero attached hydrogens (tertiary/aromatic N) is 2. The minimum Gasteiger partial charge on any atom is -0.493 e. The quantitative estimate of drug-likeness (QED) is 0.143. The molecule has 0 radical (unpaired) electrons. The van der Waals surface area contributed by atoms with Gasteiger partial charge in [-0.3, -0.25) is 9.79 Å². The molecule has 0 saturated heterocycles. The summed E-state index contributed by atoms with van der Waals surface area (Å²) >= 11 is 2.90. The van der Waals surface area contributed by atoms with Gasteiger partial charge in [-0.1, -0.05) is 32.2 Å². The fraction of sp³-hybridized carbons (Fsp3) is 0.222. The highest BCUT2D eigenvalue weighted by Crippen LogP contribution is 2.39. The molecule has 1 N–H and O–H groups in total. The van der Waals surface area contributed by atoms with Gasteiger partial charge in [0.15, 0.2) is 11.5 Å². The molecule has 0 aliphatic rings. The lowest BCUT2D eigenvalue weighted by Gasteiger charge is -2.22. The molecule has 188 valence electrons. The predicted octanol–water partition coefficient (Wildman–Crippen LogP) is 5.90. The van der Waals surface area contributed by atoms with Gasteiger partial charge in [-0.15, -0.1) is 23.5 Å². The first kappa shape index (κ1) is 28.6. The van der Waals surface area contributed by atoms with Crippen LogP contribution in [0, 0.1) is 11.3 Å². The Morgan fingerprint density at radius 2 is 1.83 bits per heavy atom. The first-order chi connectivity index (χ1) is 17.5. The molecule has 0 aliphatic heterocycles. The monoisotopic (exact) mass is 523 g/mol. The molecule has 0 spiro atoms. The van der Waals surface area contributed by atoms with Gasteiger partial charge < -0.3 is 19.5 Å². The number of nitriles is 1. The van der Waals surface area contributed by atoms with E-state index in [0.29, 0.717) is 34.1 Å². The lowest BCUT2D eigenvalue weighted by atomic mass is 10.1. The fourth-order valence-electron chi connectivity index (χ4n) is 3.12. The van der Waals surface area contributed by atoms with Gasteiger partial charge in [0.25, 0.3) is 5.91 Å². The summed E-state index contributed by atoms with van der Waals surface area (Å²) in [7, 11) is 3.10. The topological polar surface area (TPSA) is 92.9 Å². The first-order valence-corrected chi connectivity index (χ1v) is 12.8. The van der Waals surface area contributed by atoms with Crippen LogP contribution in [0.3, 0.4) is 0 Å². The number of carbonyl (C=O) groups excluding carboxylic acids is 1. The summed E-state index contributed by atoms with van der Waals surface area (Å²) in [6.45, 7) is 13.4. The zero-order valence-corrected chi connectivity index (χ0v) is 22.2. The van der Waals surface area contributed by atoms with E-state index in [4.69, 9.17) is 19.5 Å². The van der Waals surface area contributed by atoms with Crippen LogP contribution >= 0.6 is 23.5 Å². The molecule has 0 fully saturated rings. The molecule has 36 heavy (non-hydrogen) atoms. The van der Waals surface area contributed by atoms with Gasteiger partial charge in [0.1, 0.15) is 5.75 Å². The zero-order chi connectivity index (χ0) is 26.5. The first-order valence-electron chi connectivity index (χ1n) is 10.9. The number of hydrogen-bond acceptors (Lipinski definition) is 8. The maximum atomic E-state index is 13.4. The summed E-state index contributed by atoms with van der Waals surface area (Å²) in [5.74, 6) is 2.20. The van der Waals surface area contributed by atoms with Crippen molar-refractivity contribution < 1.29 is 19.0 Å². The van der Waals surface area contributed by atoms with Crippen LogP contribution in [0.4, 0.5) is 5.69 Å².